The van der Waals surface area contributed by atoms with Crippen LogP contribution in [0.2, 0.25) is 0 Å². The number of aromatic nitrogens is 2. The van der Waals surface area contributed by atoms with Crippen LogP contribution in [0.3, 0.4) is 0 Å². The molecule has 9 heteroatoms. The number of halogens is 2. The Hall–Kier alpha value is -2.71. The van der Waals surface area contributed by atoms with Crippen molar-refractivity contribution in [1.82, 2.24) is 14.9 Å². The molecule has 2 aliphatic rings. The van der Waals surface area contributed by atoms with Crippen LogP contribution >= 0.6 is 0 Å². The van der Waals surface area contributed by atoms with Crippen molar-refractivity contribution in [2.75, 3.05) is 25.0 Å². The Labute approximate surface area is 160 Å². The van der Waals surface area contributed by atoms with Crippen molar-refractivity contribution in [3.63, 3.8) is 0 Å². The second-order valence-corrected chi connectivity index (χ2v) is 7.29. The molecule has 3 heterocycles. The average molecular weight is 392 g/mol. The summed E-state index contributed by atoms with van der Waals surface area (Å²) in [7, 11) is 0. The molecular weight excluding hydrogens is 370 g/mol. The van der Waals surface area contributed by atoms with E-state index in [0.717, 1.165) is 11.8 Å². The van der Waals surface area contributed by atoms with Crippen molar-refractivity contribution < 1.29 is 23.1 Å². The topological polar surface area (TPSA) is 87.3 Å². The van der Waals surface area contributed by atoms with Crippen LogP contribution in [0.25, 0.3) is 11.0 Å². The van der Waals surface area contributed by atoms with Gasteiger partial charge in [-0.3, -0.25) is 4.79 Å². The number of hydrogen-bond acceptors (Lipinski definition) is 5. The maximum Gasteiger partial charge on any atom is 0.341 e. The lowest BCUT2D eigenvalue weighted by molar-refractivity contribution is -0.135. The molecular formula is C19H22F2N4O3. The fourth-order valence-electron chi connectivity index (χ4n) is 3.73. The highest BCUT2D eigenvalue weighted by Crippen LogP contribution is 2.49. The average Bonchev–Trinajstić information content (AvgIpc) is 3.08. The minimum atomic E-state index is -2.86. The van der Waals surface area contributed by atoms with Crippen LogP contribution in [0.1, 0.15) is 36.5 Å². The largest absolute Gasteiger partial charge is 0.462 e. The van der Waals surface area contributed by atoms with Crippen molar-refractivity contribution in [2.45, 2.75) is 38.2 Å². The van der Waals surface area contributed by atoms with E-state index < -0.39 is 23.7 Å². The summed E-state index contributed by atoms with van der Waals surface area (Å²) in [4.78, 5) is 33.4. The highest BCUT2D eigenvalue weighted by atomic mass is 19.3. The van der Waals surface area contributed by atoms with Crippen molar-refractivity contribution in [2.24, 2.45) is 5.92 Å². The number of nitrogens with zero attached hydrogens (tertiary/aromatic N) is 2. The summed E-state index contributed by atoms with van der Waals surface area (Å²) in [6.07, 6.45) is 4.29. The van der Waals surface area contributed by atoms with Gasteiger partial charge < -0.3 is 19.9 Å². The van der Waals surface area contributed by atoms with Crippen molar-refractivity contribution in [3.05, 3.63) is 24.0 Å². The number of H-pyrrole nitrogens is 1. The van der Waals surface area contributed by atoms with Gasteiger partial charge in [-0.1, -0.05) is 0 Å². The molecule has 0 bridgehead atoms. The van der Waals surface area contributed by atoms with Gasteiger partial charge in [0.05, 0.1) is 12.3 Å². The lowest BCUT2D eigenvalue weighted by Crippen LogP contribution is -2.46. The molecule has 2 aromatic rings. The Morgan fingerprint density at radius 1 is 1.46 bits per heavy atom. The molecule has 1 saturated heterocycles. The first kappa shape index (κ1) is 18.6. The van der Waals surface area contributed by atoms with Crippen molar-refractivity contribution in [1.29, 1.82) is 0 Å². The Bertz CT molecular complexity index is 914. The molecule has 2 atom stereocenters. The minimum absolute atomic E-state index is 0.154. The molecule has 150 valence electrons. The van der Waals surface area contributed by atoms with Gasteiger partial charge in [-0.2, -0.15) is 0 Å². The van der Waals surface area contributed by atoms with Crippen LogP contribution in [0.15, 0.2) is 18.5 Å². The van der Waals surface area contributed by atoms with E-state index in [0.29, 0.717) is 36.4 Å². The predicted octanol–water partition coefficient (Wildman–Crippen LogP) is 2.80. The number of carbonyl (C=O) groups excluding carboxylic acids is 2. The molecule has 2 N–H and O–H groups in total. The first-order chi connectivity index (χ1) is 13.4. The Morgan fingerprint density at radius 2 is 2.25 bits per heavy atom. The normalized spacial score (nSPS) is 23.5. The van der Waals surface area contributed by atoms with Gasteiger partial charge >= 0.3 is 5.97 Å². The molecule has 1 aliphatic carbocycles. The zero-order valence-electron chi connectivity index (χ0n) is 15.5. The van der Waals surface area contributed by atoms with E-state index in [2.05, 4.69) is 15.3 Å². The lowest BCUT2D eigenvalue weighted by atomic mass is 10.0. The van der Waals surface area contributed by atoms with E-state index in [1.807, 2.05) is 6.07 Å². The number of carbonyl (C=O) groups is 2. The number of amides is 1. The fraction of sp³-hybridized carbons (Fsp3) is 0.526. The number of nitrogens with one attached hydrogen (secondary N) is 2. The standard InChI is InChI=1S/C19H22F2N4O3/c1-2-28-18(27)13-9-23-16-12(5-6-22-16)15(13)24-11-4-3-7-25(10-11)17(26)14-8-19(14,20)21/h5-6,9,11,14H,2-4,7-8,10H2,1H3,(H2,22,23,24)/t11?,14-/m0/s1. The molecule has 28 heavy (non-hydrogen) atoms. The lowest BCUT2D eigenvalue weighted by Gasteiger charge is -2.34. The fourth-order valence-corrected chi connectivity index (χ4v) is 3.73. The summed E-state index contributed by atoms with van der Waals surface area (Å²) in [5.41, 5.74) is 1.52. The number of pyridine rings is 1. The van der Waals surface area contributed by atoms with Crippen LogP contribution in [0.5, 0.6) is 0 Å². The second kappa shape index (κ2) is 7.03. The number of aromatic amines is 1. The summed E-state index contributed by atoms with van der Waals surface area (Å²) in [5.74, 6) is -5.01. The number of hydrogen-bond donors (Lipinski definition) is 2. The van der Waals surface area contributed by atoms with Gasteiger partial charge in [0.15, 0.2) is 0 Å². The zero-order valence-corrected chi connectivity index (χ0v) is 15.5. The molecule has 1 amide bonds. The SMILES string of the molecule is CCOC(=O)c1cnc2[nH]ccc2c1NC1CCCN(C(=O)[C@@H]2CC2(F)F)C1. The van der Waals surface area contributed by atoms with Crippen molar-refractivity contribution in [3.8, 4) is 0 Å². The van der Waals surface area contributed by atoms with Gasteiger partial charge in [-0.05, 0) is 25.8 Å². The second-order valence-electron chi connectivity index (χ2n) is 7.29. The first-order valence-corrected chi connectivity index (χ1v) is 9.47. The maximum absolute atomic E-state index is 13.3. The number of piperidine rings is 1. The smallest absolute Gasteiger partial charge is 0.341 e. The summed E-state index contributed by atoms with van der Waals surface area (Å²) in [6.45, 7) is 2.77. The number of anilines is 1. The molecule has 1 aliphatic heterocycles. The van der Waals surface area contributed by atoms with E-state index >= 15 is 0 Å². The molecule has 0 aromatic carbocycles. The maximum atomic E-state index is 13.3. The third-order valence-corrected chi connectivity index (χ3v) is 5.29. The summed E-state index contributed by atoms with van der Waals surface area (Å²) in [6, 6.07) is 1.66. The van der Waals surface area contributed by atoms with Gasteiger partial charge in [-0.25, -0.2) is 18.6 Å². The monoisotopic (exact) mass is 392 g/mol. The molecule has 0 spiro atoms. The zero-order chi connectivity index (χ0) is 19.9. The molecule has 7 nitrogen and oxygen atoms in total. The predicted molar refractivity (Wildman–Crippen MR) is 98.3 cm³/mol. The molecule has 1 saturated carbocycles. The van der Waals surface area contributed by atoms with E-state index in [4.69, 9.17) is 4.74 Å². The first-order valence-electron chi connectivity index (χ1n) is 9.47. The van der Waals surface area contributed by atoms with E-state index in [1.165, 1.54) is 11.1 Å². The number of ether oxygens (including phenoxy) is 1. The summed E-state index contributed by atoms with van der Waals surface area (Å²) >= 11 is 0. The van der Waals surface area contributed by atoms with Gasteiger partial charge in [0.1, 0.15) is 17.1 Å². The Morgan fingerprint density at radius 3 is 2.96 bits per heavy atom. The number of likely N-dealkylation sites (tertiary alicyclic amines) is 1. The number of esters is 1. The van der Waals surface area contributed by atoms with Crippen LogP contribution in [0, 0.1) is 5.92 Å². The molecule has 0 radical (unpaired) electrons. The van der Waals surface area contributed by atoms with Crippen LogP contribution in [0.4, 0.5) is 14.5 Å². The van der Waals surface area contributed by atoms with Gasteiger partial charge in [0.2, 0.25) is 5.91 Å². The number of rotatable bonds is 5. The van der Waals surface area contributed by atoms with Gasteiger partial charge in [0, 0.05) is 43.3 Å². The highest BCUT2D eigenvalue weighted by molar-refractivity contribution is 6.04. The van der Waals surface area contributed by atoms with E-state index in [-0.39, 0.29) is 19.1 Å². The van der Waals surface area contributed by atoms with Crippen LogP contribution in [-0.2, 0) is 9.53 Å². The third kappa shape index (κ3) is 3.41. The van der Waals surface area contributed by atoms with Crippen LogP contribution in [-0.4, -0.2) is 58.4 Å². The van der Waals surface area contributed by atoms with Crippen LogP contribution < -0.4 is 5.32 Å². The number of fused-ring (bicyclic) bond motifs is 1. The van der Waals surface area contributed by atoms with E-state index in [9.17, 15) is 18.4 Å². The van der Waals surface area contributed by atoms with Gasteiger partial charge in [0.25, 0.3) is 5.92 Å². The number of alkyl halides is 2. The summed E-state index contributed by atoms with van der Waals surface area (Å²) < 4.78 is 31.7. The third-order valence-electron chi connectivity index (χ3n) is 5.29. The van der Waals surface area contributed by atoms with E-state index in [1.54, 1.807) is 13.1 Å². The van der Waals surface area contributed by atoms with Gasteiger partial charge in [-0.15, -0.1) is 0 Å². The molecule has 2 aromatic heterocycles. The molecule has 4 rings (SSSR count). The summed E-state index contributed by atoms with van der Waals surface area (Å²) in [5, 5.41) is 4.08. The molecule has 2 fully saturated rings. The Kier molecular flexibility index (Phi) is 4.68. The molecule has 1 unspecified atom stereocenters. The minimum Gasteiger partial charge on any atom is -0.462 e. The Balaban J connectivity index is 1.55. The van der Waals surface area contributed by atoms with Crippen molar-refractivity contribution >= 4 is 28.6 Å². The quantitative estimate of drug-likeness (QED) is 0.764. The highest BCUT2D eigenvalue weighted by Gasteiger charge is 2.62.